The largest absolute Gasteiger partial charge is 0.380 e. The molecule has 1 unspecified atom stereocenters. The molecule has 6 nitrogen and oxygen atoms in total. The van der Waals surface area contributed by atoms with Gasteiger partial charge in [0.1, 0.15) is 0 Å². The summed E-state index contributed by atoms with van der Waals surface area (Å²) in [7, 11) is 0. The Morgan fingerprint density at radius 1 is 1.25 bits per heavy atom. The first kappa shape index (κ1) is 9.56. The van der Waals surface area contributed by atoms with E-state index < -0.39 is 36.3 Å². The Bertz CT molecular complexity index is 208. The summed E-state index contributed by atoms with van der Waals surface area (Å²) in [6.07, 6.45) is -3.53. The molecule has 0 amide bonds. The summed E-state index contributed by atoms with van der Waals surface area (Å²) in [5, 5.41) is 44.5. The van der Waals surface area contributed by atoms with Crippen molar-refractivity contribution in [3.05, 3.63) is 0 Å². The third kappa shape index (κ3) is 1.62. The fourth-order valence-electron chi connectivity index (χ4n) is 1.21. The van der Waals surface area contributed by atoms with E-state index in [0.29, 0.717) is 0 Å². The van der Waals surface area contributed by atoms with Crippen LogP contribution in [-0.4, -0.2) is 49.0 Å². The number of Topliss-reactive ketones (excluding diaryl/α,β-unsaturated/α-hetero) is 1. The monoisotopic (exact) mass is 178 g/mol. The van der Waals surface area contributed by atoms with Gasteiger partial charge in [0.25, 0.3) is 0 Å². The van der Waals surface area contributed by atoms with E-state index in [4.69, 9.17) is 25.5 Å². The van der Waals surface area contributed by atoms with Crippen LogP contribution in [0.4, 0.5) is 0 Å². The molecule has 5 N–H and O–H groups in total. The van der Waals surface area contributed by atoms with Crippen molar-refractivity contribution in [1.29, 1.82) is 0 Å². The van der Waals surface area contributed by atoms with Crippen LogP contribution in [0.1, 0.15) is 12.8 Å². The van der Waals surface area contributed by atoms with Crippen LogP contribution in [0, 0.1) is 0 Å². The van der Waals surface area contributed by atoms with Crippen molar-refractivity contribution < 1.29 is 30.3 Å². The van der Waals surface area contributed by atoms with E-state index in [1.807, 2.05) is 0 Å². The minimum absolute atomic E-state index is 0.697. The molecule has 1 saturated carbocycles. The normalized spacial score (nSPS) is 33.4. The highest BCUT2D eigenvalue weighted by molar-refractivity contribution is 5.85. The zero-order chi connectivity index (χ0) is 9.57. The van der Waals surface area contributed by atoms with Crippen molar-refractivity contribution in [1.82, 2.24) is 0 Å². The van der Waals surface area contributed by atoms with Gasteiger partial charge in [0.05, 0.1) is 12.8 Å². The lowest BCUT2D eigenvalue weighted by atomic mass is 9.86. The maximum absolute atomic E-state index is 10.7. The van der Waals surface area contributed by atoms with E-state index in [9.17, 15) is 4.79 Å². The van der Waals surface area contributed by atoms with Crippen molar-refractivity contribution in [3.63, 3.8) is 0 Å². The second kappa shape index (κ2) is 2.48. The zero-order valence-electron chi connectivity index (χ0n) is 6.14. The fraction of sp³-hybridized carbons (Fsp3) is 0.833. The van der Waals surface area contributed by atoms with Crippen molar-refractivity contribution in [2.45, 2.75) is 30.5 Å². The number of carbonyl (C=O) groups is 1. The summed E-state index contributed by atoms with van der Waals surface area (Å²) in [5.41, 5.74) is 0. The van der Waals surface area contributed by atoms with Gasteiger partial charge in [0, 0.05) is 0 Å². The first-order chi connectivity index (χ1) is 5.25. The summed E-state index contributed by atoms with van der Waals surface area (Å²) in [6.45, 7) is 0. The first-order valence-electron chi connectivity index (χ1n) is 3.35. The number of carbonyl (C=O) groups excluding carboxylic acids is 1. The lowest BCUT2D eigenvalue weighted by molar-refractivity contribution is -0.298. The van der Waals surface area contributed by atoms with Crippen LogP contribution in [-0.2, 0) is 4.79 Å². The Balaban J connectivity index is 2.87. The molecule has 6 heteroatoms. The fourth-order valence-corrected chi connectivity index (χ4v) is 1.21. The molecule has 0 bridgehead atoms. The molecular formula is C6H10O6. The molecule has 0 spiro atoms. The van der Waals surface area contributed by atoms with Gasteiger partial charge in [0.2, 0.25) is 5.79 Å². The first-order valence-corrected chi connectivity index (χ1v) is 3.35. The van der Waals surface area contributed by atoms with Crippen LogP contribution in [0.15, 0.2) is 0 Å². The maximum atomic E-state index is 10.7. The van der Waals surface area contributed by atoms with Crippen LogP contribution < -0.4 is 0 Å². The highest BCUT2D eigenvalue weighted by atomic mass is 16.5. The van der Waals surface area contributed by atoms with Crippen molar-refractivity contribution in [3.8, 4) is 0 Å². The highest BCUT2D eigenvalue weighted by Gasteiger charge is 2.51. The summed E-state index contributed by atoms with van der Waals surface area (Å²) >= 11 is 0. The van der Waals surface area contributed by atoms with Gasteiger partial charge in [-0.3, -0.25) is 4.79 Å². The Hall–Kier alpha value is -0.530. The molecule has 0 aromatic heterocycles. The molecule has 0 aromatic rings. The predicted molar refractivity (Wildman–Crippen MR) is 34.6 cm³/mol. The van der Waals surface area contributed by atoms with Crippen LogP contribution in [0.2, 0.25) is 0 Å². The minimum Gasteiger partial charge on any atom is -0.380 e. The number of rotatable bonds is 0. The van der Waals surface area contributed by atoms with Crippen LogP contribution in [0.5, 0.6) is 0 Å². The average molecular weight is 178 g/mol. The van der Waals surface area contributed by atoms with Gasteiger partial charge in [0.15, 0.2) is 17.7 Å². The molecule has 70 valence electrons. The molecule has 1 fully saturated rings. The topological polar surface area (TPSA) is 118 Å². The van der Waals surface area contributed by atoms with Gasteiger partial charge in [-0.2, -0.15) is 0 Å². The lowest BCUT2D eigenvalue weighted by Gasteiger charge is -2.37. The van der Waals surface area contributed by atoms with Crippen LogP contribution in [0.3, 0.4) is 0 Å². The molecule has 0 heterocycles. The van der Waals surface area contributed by atoms with Gasteiger partial charge in [-0.15, -0.1) is 0 Å². The standard InChI is InChI=1S/C6H10O6/c7-3-1-5(9,10)2-6(11,12)4(3)8/h4,8-12H,1-2H2. The van der Waals surface area contributed by atoms with Gasteiger partial charge in [-0.05, 0) is 0 Å². The summed E-state index contributed by atoms with van der Waals surface area (Å²) in [5.74, 6) is -6.20. The predicted octanol–water partition coefficient (Wildman–Crippen LogP) is -2.93. The Labute approximate surface area is 67.7 Å². The van der Waals surface area contributed by atoms with Gasteiger partial charge in [-0.1, -0.05) is 0 Å². The molecule has 1 atom stereocenters. The van der Waals surface area contributed by atoms with E-state index in [-0.39, 0.29) is 0 Å². The van der Waals surface area contributed by atoms with Crippen LogP contribution >= 0.6 is 0 Å². The minimum atomic E-state index is -2.75. The van der Waals surface area contributed by atoms with E-state index >= 15 is 0 Å². The number of aliphatic hydroxyl groups excluding tert-OH is 1. The summed E-state index contributed by atoms with van der Waals surface area (Å²) < 4.78 is 0. The Morgan fingerprint density at radius 2 is 1.75 bits per heavy atom. The van der Waals surface area contributed by atoms with E-state index in [1.54, 1.807) is 0 Å². The quantitative estimate of drug-likeness (QED) is 0.253. The molecule has 1 rings (SSSR count). The smallest absolute Gasteiger partial charge is 0.202 e. The molecule has 0 aromatic carbocycles. The van der Waals surface area contributed by atoms with E-state index in [0.717, 1.165) is 0 Å². The maximum Gasteiger partial charge on any atom is 0.202 e. The molecule has 0 radical (unpaired) electrons. The van der Waals surface area contributed by atoms with Gasteiger partial charge in [-0.25, -0.2) is 0 Å². The summed E-state index contributed by atoms with van der Waals surface area (Å²) in [4.78, 5) is 10.7. The molecule has 0 aliphatic heterocycles. The third-order valence-corrected chi connectivity index (χ3v) is 1.74. The number of hydrogen-bond donors (Lipinski definition) is 5. The van der Waals surface area contributed by atoms with Crippen LogP contribution in [0.25, 0.3) is 0 Å². The van der Waals surface area contributed by atoms with E-state index in [2.05, 4.69) is 0 Å². The second-order valence-corrected chi connectivity index (χ2v) is 3.08. The number of hydrogen-bond acceptors (Lipinski definition) is 6. The molecule has 1 aliphatic rings. The van der Waals surface area contributed by atoms with Crippen molar-refractivity contribution in [2.24, 2.45) is 0 Å². The van der Waals surface area contributed by atoms with Crippen molar-refractivity contribution in [2.75, 3.05) is 0 Å². The average Bonchev–Trinajstić information content (AvgIpc) is 1.79. The zero-order valence-corrected chi connectivity index (χ0v) is 6.14. The number of aliphatic hydroxyl groups is 5. The van der Waals surface area contributed by atoms with E-state index in [1.165, 1.54) is 0 Å². The number of ketones is 1. The lowest BCUT2D eigenvalue weighted by Crippen LogP contribution is -2.58. The summed E-state index contributed by atoms with van der Waals surface area (Å²) in [6, 6.07) is 0. The third-order valence-electron chi connectivity index (χ3n) is 1.74. The highest BCUT2D eigenvalue weighted by Crippen LogP contribution is 2.29. The second-order valence-electron chi connectivity index (χ2n) is 3.08. The van der Waals surface area contributed by atoms with Gasteiger partial charge < -0.3 is 25.5 Å². The SMILES string of the molecule is O=C1CC(O)(O)CC(O)(O)C1O. The molecular weight excluding hydrogens is 168 g/mol. The van der Waals surface area contributed by atoms with Gasteiger partial charge >= 0.3 is 0 Å². The van der Waals surface area contributed by atoms with Crippen molar-refractivity contribution >= 4 is 5.78 Å². The molecule has 0 saturated heterocycles. The molecule has 1 aliphatic carbocycles. The molecule has 12 heavy (non-hydrogen) atoms. The Kier molecular flexibility index (Phi) is 1.97. The Morgan fingerprint density at radius 3 is 2.17 bits per heavy atom.